The first-order chi connectivity index (χ1) is 10.1. The van der Waals surface area contributed by atoms with Crippen LogP contribution in [0.15, 0.2) is 24.3 Å². The van der Waals surface area contributed by atoms with Gasteiger partial charge in [-0.15, -0.1) is 0 Å². The van der Waals surface area contributed by atoms with Gasteiger partial charge >= 0.3 is 0 Å². The molecule has 1 aromatic heterocycles. The van der Waals surface area contributed by atoms with Gasteiger partial charge in [-0.3, -0.25) is 0 Å². The maximum Gasteiger partial charge on any atom is 0.159 e. The Morgan fingerprint density at radius 3 is 2.57 bits per heavy atom. The molecule has 3 rings (SSSR count). The summed E-state index contributed by atoms with van der Waals surface area (Å²) in [5.41, 5.74) is 4.24. The maximum atomic E-state index is 9.61. The summed E-state index contributed by atoms with van der Waals surface area (Å²) >= 11 is 0. The van der Waals surface area contributed by atoms with Gasteiger partial charge < -0.3 is 10.4 Å². The quantitative estimate of drug-likeness (QED) is 0.889. The fourth-order valence-corrected chi connectivity index (χ4v) is 3.19. The van der Waals surface area contributed by atoms with Crippen molar-refractivity contribution in [3.05, 3.63) is 41.2 Å². The average Bonchev–Trinajstić information content (AvgIpc) is 2.47. The van der Waals surface area contributed by atoms with Crippen LogP contribution in [-0.4, -0.2) is 28.2 Å². The fraction of sp³-hybridized carbons (Fsp3) is 0.412. The molecule has 0 saturated carbocycles. The van der Waals surface area contributed by atoms with Gasteiger partial charge in [0.05, 0.1) is 0 Å². The zero-order valence-electron chi connectivity index (χ0n) is 12.6. The Morgan fingerprint density at radius 2 is 1.95 bits per heavy atom. The molecular weight excluding hydrogens is 262 g/mol. The van der Waals surface area contributed by atoms with Gasteiger partial charge in [-0.2, -0.15) is 0 Å². The second-order valence-electron chi connectivity index (χ2n) is 5.73. The first-order valence-electron chi connectivity index (χ1n) is 7.50. The Labute approximate surface area is 125 Å². The lowest BCUT2D eigenvalue weighted by Crippen LogP contribution is -2.29. The molecule has 1 saturated heterocycles. The number of nitrogens with zero attached hydrogens (tertiary/aromatic N) is 2. The van der Waals surface area contributed by atoms with Gasteiger partial charge in [-0.1, -0.05) is 12.1 Å². The van der Waals surface area contributed by atoms with E-state index in [4.69, 9.17) is 0 Å². The maximum absolute atomic E-state index is 9.61. The molecule has 1 aromatic carbocycles. The lowest BCUT2D eigenvalue weighted by Gasteiger charge is -2.25. The number of rotatable bonds is 2. The Hall–Kier alpha value is -1.94. The lowest BCUT2D eigenvalue weighted by atomic mass is 9.89. The van der Waals surface area contributed by atoms with E-state index in [1.807, 2.05) is 12.1 Å². The number of aromatic nitrogens is 2. The van der Waals surface area contributed by atoms with E-state index in [1.54, 1.807) is 12.1 Å². The van der Waals surface area contributed by atoms with Crippen molar-refractivity contribution in [3.8, 4) is 17.1 Å². The van der Waals surface area contributed by atoms with Crippen LogP contribution in [0.3, 0.4) is 0 Å². The third-order valence-corrected chi connectivity index (χ3v) is 4.14. The first-order valence-corrected chi connectivity index (χ1v) is 7.50. The van der Waals surface area contributed by atoms with Crippen LogP contribution in [0.4, 0.5) is 0 Å². The van der Waals surface area contributed by atoms with Crippen molar-refractivity contribution < 1.29 is 5.11 Å². The monoisotopic (exact) mass is 283 g/mol. The summed E-state index contributed by atoms with van der Waals surface area (Å²) in [4.78, 5) is 9.34. The van der Waals surface area contributed by atoms with Crippen LogP contribution in [0.2, 0.25) is 0 Å². The third kappa shape index (κ3) is 2.90. The van der Waals surface area contributed by atoms with Crippen molar-refractivity contribution >= 4 is 0 Å². The highest BCUT2D eigenvalue weighted by Crippen LogP contribution is 2.29. The van der Waals surface area contributed by atoms with Crippen molar-refractivity contribution in [1.82, 2.24) is 15.3 Å². The van der Waals surface area contributed by atoms with E-state index in [9.17, 15) is 5.11 Å². The van der Waals surface area contributed by atoms with Gasteiger partial charge in [0.2, 0.25) is 0 Å². The average molecular weight is 283 g/mol. The molecule has 0 radical (unpaired) electrons. The molecule has 1 unspecified atom stereocenters. The van der Waals surface area contributed by atoms with E-state index >= 15 is 0 Å². The minimum Gasteiger partial charge on any atom is -0.508 e. The summed E-state index contributed by atoms with van der Waals surface area (Å²) in [6, 6.07) is 7.11. The SMILES string of the molecule is Cc1nc(-c2cccc(O)c2)nc(C)c1C1CCCNC1. The highest BCUT2D eigenvalue weighted by molar-refractivity contribution is 5.58. The molecule has 1 atom stereocenters. The molecule has 0 aliphatic carbocycles. The van der Waals surface area contributed by atoms with Crippen LogP contribution in [0, 0.1) is 13.8 Å². The number of hydrogen-bond donors (Lipinski definition) is 2. The Bertz CT molecular complexity index is 625. The van der Waals surface area contributed by atoms with Crippen LogP contribution in [0.5, 0.6) is 5.75 Å². The topological polar surface area (TPSA) is 58.0 Å². The molecule has 2 N–H and O–H groups in total. The van der Waals surface area contributed by atoms with E-state index in [2.05, 4.69) is 29.1 Å². The number of hydrogen-bond acceptors (Lipinski definition) is 4. The van der Waals surface area contributed by atoms with Crippen molar-refractivity contribution in [2.45, 2.75) is 32.6 Å². The van der Waals surface area contributed by atoms with Gasteiger partial charge in [-0.25, -0.2) is 9.97 Å². The molecule has 2 aromatic rings. The second-order valence-corrected chi connectivity index (χ2v) is 5.73. The van der Waals surface area contributed by atoms with Gasteiger partial charge in [0.25, 0.3) is 0 Å². The van der Waals surface area contributed by atoms with E-state index in [-0.39, 0.29) is 5.75 Å². The third-order valence-electron chi connectivity index (χ3n) is 4.14. The number of phenols is 1. The zero-order valence-corrected chi connectivity index (χ0v) is 12.6. The fourth-order valence-electron chi connectivity index (χ4n) is 3.19. The summed E-state index contributed by atoms with van der Waals surface area (Å²) in [5, 5.41) is 13.1. The van der Waals surface area contributed by atoms with Crippen molar-refractivity contribution in [2.75, 3.05) is 13.1 Å². The number of piperidine rings is 1. The van der Waals surface area contributed by atoms with Gasteiger partial charge in [0.15, 0.2) is 5.82 Å². The van der Waals surface area contributed by atoms with Crippen LogP contribution < -0.4 is 5.32 Å². The number of nitrogens with one attached hydrogen (secondary N) is 1. The molecule has 0 spiro atoms. The van der Waals surface area contributed by atoms with Crippen LogP contribution in [0.25, 0.3) is 11.4 Å². The summed E-state index contributed by atoms with van der Waals surface area (Å²) in [7, 11) is 0. The molecular formula is C17H21N3O. The Balaban J connectivity index is 1.99. The number of aryl methyl sites for hydroxylation is 2. The highest BCUT2D eigenvalue weighted by atomic mass is 16.3. The van der Waals surface area contributed by atoms with E-state index in [0.717, 1.165) is 30.0 Å². The summed E-state index contributed by atoms with van der Waals surface area (Å²) in [6.45, 7) is 6.24. The summed E-state index contributed by atoms with van der Waals surface area (Å²) < 4.78 is 0. The standard InChI is InChI=1S/C17H21N3O/c1-11-16(14-6-4-8-18-10-14)12(2)20-17(19-11)13-5-3-7-15(21)9-13/h3,5,7,9,14,18,21H,4,6,8,10H2,1-2H3. The predicted molar refractivity (Wildman–Crippen MR) is 83.5 cm³/mol. The minimum atomic E-state index is 0.243. The highest BCUT2D eigenvalue weighted by Gasteiger charge is 2.21. The smallest absolute Gasteiger partial charge is 0.159 e. The van der Waals surface area contributed by atoms with Crippen molar-refractivity contribution in [2.24, 2.45) is 0 Å². The van der Waals surface area contributed by atoms with Gasteiger partial charge in [0, 0.05) is 23.5 Å². The van der Waals surface area contributed by atoms with E-state index < -0.39 is 0 Å². The molecule has 0 bridgehead atoms. The number of phenolic OH excluding ortho intramolecular Hbond substituents is 1. The van der Waals surface area contributed by atoms with Crippen molar-refractivity contribution in [1.29, 1.82) is 0 Å². The molecule has 1 aliphatic rings. The van der Waals surface area contributed by atoms with E-state index in [1.165, 1.54) is 18.4 Å². The Morgan fingerprint density at radius 1 is 1.19 bits per heavy atom. The van der Waals surface area contributed by atoms with Crippen LogP contribution >= 0.6 is 0 Å². The number of benzene rings is 1. The van der Waals surface area contributed by atoms with E-state index in [0.29, 0.717) is 11.7 Å². The normalized spacial score (nSPS) is 18.7. The summed E-state index contributed by atoms with van der Waals surface area (Å²) in [5.74, 6) is 1.44. The van der Waals surface area contributed by atoms with Crippen LogP contribution in [-0.2, 0) is 0 Å². The van der Waals surface area contributed by atoms with Crippen LogP contribution in [0.1, 0.15) is 35.7 Å². The summed E-state index contributed by atoms with van der Waals surface area (Å²) in [6.07, 6.45) is 2.40. The van der Waals surface area contributed by atoms with Gasteiger partial charge in [0.1, 0.15) is 5.75 Å². The first kappa shape index (κ1) is 14.0. The predicted octanol–water partition coefficient (Wildman–Crippen LogP) is 2.93. The molecule has 110 valence electrons. The molecule has 0 amide bonds. The molecule has 1 fully saturated rings. The molecule has 4 heteroatoms. The van der Waals surface area contributed by atoms with Gasteiger partial charge in [-0.05, 0) is 56.8 Å². The minimum absolute atomic E-state index is 0.243. The molecule has 1 aliphatic heterocycles. The second kappa shape index (κ2) is 5.82. The number of aromatic hydroxyl groups is 1. The molecule has 2 heterocycles. The molecule has 4 nitrogen and oxygen atoms in total. The Kier molecular flexibility index (Phi) is 3.88. The largest absolute Gasteiger partial charge is 0.508 e. The van der Waals surface area contributed by atoms with Crippen molar-refractivity contribution in [3.63, 3.8) is 0 Å². The zero-order chi connectivity index (χ0) is 14.8. The lowest BCUT2D eigenvalue weighted by molar-refractivity contribution is 0.457. The molecule has 21 heavy (non-hydrogen) atoms.